The molecule has 0 radical (unpaired) electrons. The fourth-order valence-electron chi connectivity index (χ4n) is 2.46. The molecule has 1 saturated heterocycles. The van der Waals surface area contributed by atoms with E-state index in [2.05, 4.69) is 61.0 Å². The van der Waals surface area contributed by atoms with Crippen LogP contribution in [0.5, 0.6) is 0 Å². The SMILES string of the molecule is CNC(CCc1cnn(C)c1)C1CSC(C)C(C)S1. The summed E-state index contributed by atoms with van der Waals surface area (Å²) in [6, 6.07) is 0.604. The van der Waals surface area contributed by atoms with Gasteiger partial charge in [0.1, 0.15) is 0 Å². The predicted molar refractivity (Wildman–Crippen MR) is 87.1 cm³/mol. The lowest BCUT2D eigenvalue weighted by Gasteiger charge is -2.35. The maximum absolute atomic E-state index is 4.24. The number of aryl methyl sites for hydroxylation is 2. The molecule has 0 aliphatic carbocycles. The first-order chi connectivity index (χ1) is 9.10. The van der Waals surface area contributed by atoms with Gasteiger partial charge in [-0.2, -0.15) is 28.6 Å². The summed E-state index contributed by atoms with van der Waals surface area (Å²) in [7, 11) is 4.08. The molecule has 4 atom stereocenters. The van der Waals surface area contributed by atoms with Crippen molar-refractivity contribution in [3.63, 3.8) is 0 Å². The first-order valence-corrected chi connectivity index (χ1v) is 9.01. The lowest BCUT2D eigenvalue weighted by molar-refractivity contribution is 0.519. The van der Waals surface area contributed by atoms with Crippen LogP contribution in [0.25, 0.3) is 0 Å². The molecule has 0 saturated carbocycles. The Morgan fingerprint density at radius 2 is 2.26 bits per heavy atom. The van der Waals surface area contributed by atoms with Crippen molar-refractivity contribution in [2.45, 2.75) is 48.5 Å². The predicted octanol–water partition coefficient (Wildman–Crippen LogP) is 2.57. The number of rotatable bonds is 5. The molecule has 108 valence electrons. The summed E-state index contributed by atoms with van der Waals surface area (Å²) in [6.45, 7) is 4.71. The maximum Gasteiger partial charge on any atom is 0.0521 e. The van der Waals surface area contributed by atoms with Crippen LogP contribution in [0.1, 0.15) is 25.8 Å². The maximum atomic E-state index is 4.24. The standard InChI is InChI=1S/C14H25N3S2/c1-10-11(2)19-14(9-18-10)13(15-3)6-5-12-7-16-17(4)8-12/h7-8,10-11,13-15H,5-6,9H2,1-4H3. The van der Waals surface area contributed by atoms with E-state index in [1.54, 1.807) is 0 Å². The number of thioether (sulfide) groups is 2. The minimum atomic E-state index is 0.604. The third-order valence-electron chi connectivity index (χ3n) is 3.90. The Hall–Kier alpha value is -0.130. The summed E-state index contributed by atoms with van der Waals surface area (Å²) >= 11 is 4.29. The number of nitrogens with zero attached hydrogens (tertiary/aromatic N) is 2. The molecule has 4 unspecified atom stereocenters. The van der Waals surface area contributed by atoms with Gasteiger partial charge in [0.15, 0.2) is 0 Å². The van der Waals surface area contributed by atoms with Crippen LogP contribution in [0.3, 0.4) is 0 Å². The topological polar surface area (TPSA) is 29.9 Å². The molecule has 0 aromatic carbocycles. The number of aromatic nitrogens is 2. The molecule has 0 spiro atoms. The highest BCUT2D eigenvalue weighted by Gasteiger charge is 2.30. The number of hydrogen-bond donors (Lipinski definition) is 1. The molecule has 1 N–H and O–H groups in total. The van der Waals surface area contributed by atoms with Gasteiger partial charge in [-0.15, -0.1) is 0 Å². The fourth-order valence-corrected chi connectivity index (χ4v) is 5.67. The van der Waals surface area contributed by atoms with Gasteiger partial charge < -0.3 is 5.32 Å². The molecule has 1 fully saturated rings. The van der Waals surface area contributed by atoms with Crippen LogP contribution >= 0.6 is 23.5 Å². The van der Waals surface area contributed by atoms with Crippen LogP contribution in [-0.4, -0.2) is 44.4 Å². The van der Waals surface area contributed by atoms with Gasteiger partial charge in [-0.3, -0.25) is 4.68 Å². The largest absolute Gasteiger partial charge is 0.316 e. The summed E-state index contributed by atoms with van der Waals surface area (Å²) in [6.07, 6.45) is 6.42. The Kier molecular flexibility index (Phi) is 5.66. The van der Waals surface area contributed by atoms with Gasteiger partial charge in [0.25, 0.3) is 0 Å². The van der Waals surface area contributed by atoms with Crippen molar-refractivity contribution < 1.29 is 0 Å². The van der Waals surface area contributed by atoms with Gasteiger partial charge in [0, 0.05) is 40.8 Å². The Bertz CT molecular complexity index is 394. The average Bonchev–Trinajstić information content (AvgIpc) is 2.80. The molecular formula is C14H25N3S2. The van der Waals surface area contributed by atoms with Gasteiger partial charge in [-0.1, -0.05) is 13.8 Å². The van der Waals surface area contributed by atoms with Crippen LogP contribution in [0.2, 0.25) is 0 Å². The Morgan fingerprint density at radius 3 is 2.84 bits per heavy atom. The molecule has 3 nitrogen and oxygen atoms in total. The highest BCUT2D eigenvalue weighted by Crippen LogP contribution is 2.37. The first-order valence-electron chi connectivity index (χ1n) is 7.02. The van der Waals surface area contributed by atoms with Crippen molar-refractivity contribution in [3.05, 3.63) is 18.0 Å². The molecule has 0 bridgehead atoms. The molecule has 1 aromatic rings. The highest BCUT2D eigenvalue weighted by molar-refractivity contribution is 8.07. The second-order valence-electron chi connectivity index (χ2n) is 5.37. The van der Waals surface area contributed by atoms with Crippen molar-refractivity contribution in [2.75, 3.05) is 12.8 Å². The molecule has 1 aromatic heterocycles. The van der Waals surface area contributed by atoms with Gasteiger partial charge in [0.2, 0.25) is 0 Å². The first kappa shape index (κ1) is 15.3. The summed E-state index contributed by atoms with van der Waals surface area (Å²) in [4.78, 5) is 0. The van der Waals surface area contributed by atoms with E-state index in [0.717, 1.165) is 22.2 Å². The van der Waals surface area contributed by atoms with Gasteiger partial charge >= 0.3 is 0 Å². The molecule has 0 amide bonds. The summed E-state index contributed by atoms with van der Waals surface area (Å²) in [5.74, 6) is 1.27. The Balaban J connectivity index is 1.86. The van der Waals surface area contributed by atoms with Crippen molar-refractivity contribution in [1.82, 2.24) is 15.1 Å². The van der Waals surface area contributed by atoms with E-state index in [9.17, 15) is 0 Å². The van der Waals surface area contributed by atoms with E-state index in [4.69, 9.17) is 0 Å². The molecule has 1 aliphatic heterocycles. The van der Waals surface area contributed by atoms with Crippen LogP contribution in [-0.2, 0) is 13.5 Å². The zero-order valence-corrected chi connectivity index (χ0v) is 13.9. The number of nitrogens with one attached hydrogen (secondary N) is 1. The highest BCUT2D eigenvalue weighted by atomic mass is 32.2. The summed E-state index contributed by atoms with van der Waals surface area (Å²) in [5.41, 5.74) is 1.35. The quantitative estimate of drug-likeness (QED) is 0.905. The van der Waals surface area contributed by atoms with Crippen LogP contribution in [0, 0.1) is 0 Å². The minimum Gasteiger partial charge on any atom is -0.316 e. The second kappa shape index (κ2) is 7.04. The zero-order valence-electron chi connectivity index (χ0n) is 12.3. The lowest BCUT2D eigenvalue weighted by atomic mass is 10.1. The molecule has 19 heavy (non-hydrogen) atoms. The third-order valence-corrected chi connectivity index (χ3v) is 7.45. The smallest absolute Gasteiger partial charge is 0.0521 e. The molecule has 2 heterocycles. The molecule has 2 rings (SSSR count). The molecule has 5 heteroatoms. The Labute approximate surface area is 125 Å². The fraction of sp³-hybridized carbons (Fsp3) is 0.786. The van der Waals surface area contributed by atoms with Crippen molar-refractivity contribution in [1.29, 1.82) is 0 Å². The van der Waals surface area contributed by atoms with Crippen LogP contribution in [0.15, 0.2) is 12.4 Å². The van der Waals surface area contributed by atoms with E-state index in [1.165, 1.54) is 17.7 Å². The molecule has 1 aliphatic rings. The lowest BCUT2D eigenvalue weighted by Crippen LogP contribution is -2.42. The van der Waals surface area contributed by atoms with E-state index in [1.807, 2.05) is 17.9 Å². The van der Waals surface area contributed by atoms with E-state index >= 15 is 0 Å². The van der Waals surface area contributed by atoms with Gasteiger partial charge in [-0.05, 0) is 25.5 Å². The van der Waals surface area contributed by atoms with E-state index in [0.29, 0.717) is 6.04 Å². The van der Waals surface area contributed by atoms with E-state index in [-0.39, 0.29) is 0 Å². The molecular weight excluding hydrogens is 274 g/mol. The van der Waals surface area contributed by atoms with E-state index < -0.39 is 0 Å². The van der Waals surface area contributed by atoms with Gasteiger partial charge in [0.05, 0.1) is 6.20 Å². The van der Waals surface area contributed by atoms with Crippen molar-refractivity contribution >= 4 is 23.5 Å². The van der Waals surface area contributed by atoms with Gasteiger partial charge in [-0.25, -0.2) is 0 Å². The van der Waals surface area contributed by atoms with Crippen molar-refractivity contribution in [2.24, 2.45) is 7.05 Å². The van der Waals surface area contributed by atoms with Crippen LogP contribution in [0.4, 0.5) is 0 Å². The second-order valence-corrected chi connectivity index (χ2v) is 8.41. The summed E-state index contributed by atoms with van der Waals surface area (Å²) < 4.78 is 1.89. The minimum absolute atomic E-state index is 0.604. The third kappa shape index (κ3) is 4.17. The average molecular weight is 300 g/mol. The number of hydrogen-bond acceptors (Lipinski definition) is 4. The monoisotopic (exact) mass is 299 g/mol. The summed E-state index contributed by atoms with van der Waals surface area (Å²) in [5, 5.41) is 10.0. The normalized spacial score (nSPS) is 29.4. The van der Waals surface area contributed by atoms with Crippen LogP contribution < -0.4 is 5.32 Å². The zero-order chi connectivity index (χ0) is 13.8. The Morgan fingerprint density at radius 1 is 1.47 bits per heavy atom. The van der Waals surface area contributed by atoms with Crippen molar-refractivity contribution in [3.8, 4) is 0 Å².